The van der Waals surface area contributed by atoms with Gasteiger partial charge in [0.25, 0.3) is 0 Å². The van der Waals surface area contributed by atoms with Crippen molar-refractivity contribution in [3.63, 3.8) is 0 Å². The normalized spacial score (nSPS) is 12.0. The van der Waals surface area contributed by atoms with Crippen LogP contribution in [0.4, 0.5) is 0 Å². The van der Waals surface area contributed by atoms with Crippen molar-refractivity contribution in [3.05, 3.63) is 110 Å². The van der Waals surface area contributed by atoms with E-state index in [1.54, 1.807) is 31.0 Å². The van der Waals surface area contributed by atoms with Crippen molar-refractivity contribution in [2.45, 2.75) is 0 Å². The zero-order valence-electron chi connectivity index (χ0n) is 23.4. The van der Waals surface area contributed by atoms with Gasteiger partial charge in [-0.05, 0) is 54.6 Å². The molecule has 210 valence electrons. The molecule has 0 unspecified atom stereocenters. The van der Waals surface area contributed by atoms with Crippen molar-refractivity contribution in [2.75, 3.05) is 0 Å². The molecule has 9 heterocycles. The summed E-state index contributed by atoms with van der Waals surface area (Å²) in [6.45, 7) is 0. The van der Waals surface area contributed by atoms with Gasteiger partial charge in [-0.3, -0.25) is 24.1 Å². The Labute approximate surface area is 253 Å². The molecule has 2 aliphatic rings. The summed E-state index contributed by atoms with van der Waals surface area (Å²) in [7, 11) is 0. The molecular formula is C34H19N11. The number of pyridine rings is 6. The van der Waals surface area contributed by atoms with Gasteiger partial charge < -0.3 is 4.98 Å². The van der Waals surface area contributed by atoms with Crippen LogP contribution in [-0.4, -0.2) is 54.0 Å². The highest BCUT2D eigenvalue weighted by molar-refractivity contribution is 6.12. The van der Waals surface area contributed by atoms with E-state index in [0.29, 0.717) is 23.4 Å². The van der Waals surface area contributed by atoms with Gasteiger partial charge in [0.05, 0.1) is 22.2 Å². The van der Waals surface area contributed by atoms with Crippen LogP contribution in [0, 0.1) is 0 Å². The van der Waals surface area contributed by atoms with Gasteiger partial charge in [-0.1, -0.05) is 6.07 Å². The summed E-state index contributed by atoms with van der Waals surface area (Å²) < 4.78 is 3.92. The van der Waals surface area contributed by atoms with Crippen LogP contribution in [0.25, 0.3) is 89.3 Å². The molecule has 0 fully saturated rings. The number of H-pyrrole nitrogens is 1. The molecule has 0 aromatic carbocycles. The first-order valence-corrected chi connectivity index (χ1v) is 14.3. The summed E-state index contributed by atoms with van der Waals surface area (Å²) in [5.41, 5.74) is 6.79. The fourth-order valence-corrected chi connectivity index (χ4v) is 6.48. The molecule has 8 aromatic heterocycles. The lowest BCUT2D eigenvalue weighted by molar-refractivity contribution is 0.884. The maximum absolute atomic E-state index is 5.18. The Morgan fingerprint density at radius 3 is 2.11 bits per heavy atom. The first-order valence-electron chi connectivity index (χ1n) is 14.3. The molecule has 11 nitrogen and oxygen atoms in total. The Morgan fingerprint density at radius 2 is 1.24 bits per heavy atom. The predicted octanol–water partition coefficient (Wildman–Crippen LogP) is 6.29. The number of fused-ring (bicyclic) bond motifs is 9. The molecule has 0 saturated carbocycles. The van der Waals surface area contributed by atoms with Crippen LogP contribution in [0.1, 0.15) is 0 Å². The van der Waals surface area contributed by atoms with E-state index >= 15 is 0 Å². The van der Waals surface area contributed by atoms with Crippen LogP contribution in [-0.2, 0) is 0 Å². The first kappa shape index (κ1) is 23.9. The maximum atomic E-state index is 5.18. The van der Waals surface area contributed by atoms with E-state index in [1.807, 2.05) is 82.3 Å². The molecule has 0 radical (unpaired) electrons. The second-order valence-electron chi connectivity index (χ2n) is 10.7. The average Bonchev–Trinajstić information content (AvgIpc) is 3.74. The zero-order chi connectivity index (χ0) is 29.5. The lowest BCUT2D eigenvalue weighted by Crippen LogP contribution is -2.11. The second-order valence-corrected chi connectivity index (χ2v) is 10.7. The summed E-state index contributed by atoms with van der Waals surface area (Å²) >= 11 is 0. The Bertz CT molecular complexity index is 2500. The third-order valence-electron chi connectivity index (χ3n) is 8.33. The number of hydrogen-bond donors (Lipinski definition) is 1. The fraction of sp³-hybridized carbons (Fsp3) is 0. The largest absolute Gasteiger partial charge is 0.361 e. The molecule has 0 bridgehead atoms. The highest BCUT2D eigenvalue weighted by Gasteiger charge is 2.26. The number of rotatable bonds is 3. The fourth-order valence-electron chi connectivity index (χ4n) is 6.48. The average molecular weight is 582 g/mol. The van der Waals surface area contributed by atoms with Crippen LogP contribution >= 0.6 is 0 Å². The monoisotopic (exact) mass is 581 g/mol. The van der Waals surface area contributed by atoms with Gasteiger partial charge in [0, 0.05) is 87.6 Å². The topological polar surface area (TPSA) is 129 Å². The van der Waals surface area contributed by atoms with Gasteiger partial charge in [0.2, 0.25) is 11.9 Å². The van der Waals surface area contributed by atoms with Gasteiger partial charge >= 0.3 is 0 Å². The van der Waals surface area contributed by atoms with E-state index in [0.717, 1.165) is 65.9 Å². The molecule has 0 atom stereocenters. The van der Waals surface area contributed by atoms with Crippen molar-refractivity contribution in [1.82, 2.24) is 54.0 Å². The molecule has 11 heteroatoms. The molecule has 10 rings (SSSR count). The van der Waals surface area contributed by atoms with Gasteiger partial charge in [0.1, 0.15) is 11.3 Å². The molecular weight excluding hydrogens is 562 g/mol. The number of nitrogens with one attached hydrogen (secondary N) is 1. The molecule has 1 aliphatic heterocycles. The molecule has 45 heavy (non-hydrogen) atoms. The third kappa shape index (κ3) is 3.28. The van der Waals surface area contributed by atoms with E-state index in [9.17, 15) is 0 Å². The van der Waals surface area contributed by atoms with Crippen molar-refractivity contribution in [1.29, 1.82) is 0 Å². The third-order valence-corrected chi connectivity index (χ3v) is 8.33. The van der Waals surface area contributed by atoms with E-state index in [-0.39, 0.29) is 0 Å². The Kier molecular flexibility index (Phi) is 4.75. The van der Waals surface area contributed by atoms with Crippen LogP contribution in [0.2, 0.25) is 0 Å². The highest BCUT2D eigenvalue weighted by Crippen LogP contribution is 2.43. The summed E-state index contributed by atoms with van der Waals surface area (Å²) in [5, 5.41) is 4.78. The van der Waals surface area contributed by atoms with Crippen molar-refractivity contribution in [2.24, 2.45) is 0 Å². The first-order chi connectivity index (χ1) is 22.3. The Hall–Kier alpha value is -6.62. The standard InChI is InChI=1S/C34H19N11/c1-5-20-23-17-36-16-10-25(23)44(31(20)39-13-1)33-41-30(27-21-6-2-11-37-28(21)19-9-15-35-18-24(19)27)42-34(43-33)45-26-8-4-12-38-29(26)22-7-3-14-40-32(22)45/h1-18,37H. The van der Waals surface area contributed by atoms with E-state index in [4.69, 9.17) is 29.9 Å². The second kappa shape index (κ2) is 8.94. The molecule has 0 spiro atoms. The van der Waals surface area contributed by atoms with Crippen LogP contribution < -0.4 is 0 Å². The summed E-state index contributed by atoms with van der Waals surface area (Å²) in [4.78, 5) is 42.0. The molecule has 1 N–H and O–H groups in total. The molecule has 0 saturated heterocycles. The van der Waals surface area contributed by atoms with Crippen molar-refractivity contribution < 1.29 is 0 Å². The minimum absolute atomic E-state index is 0.410. The number of aromatic nitrogens is 11. The van der Waals surface area contributed by atoms with E-state index < -0.39 is 0 Å². The molecule has 1 aliphatic carbocycles. The maximum Gasteiger partial charge on any atom is 0.241 e. The van der Waals surface area contributed by atoms with Gasteiger partial charge in [-0.15, -0.1) is 0 Å². The van der Waals surface area contributed by atoms with Crippen molar-refractivity contribution >= 4 is 54.8 Å². The SMILES string of the molecule is c1c[nH]c2c3ccncc3c(-c3nc(-n4c5ccncc5c5cccnc54)nc(-n4c5cccnc5c5cccnc54)n3)c-2c1. The summed E-state index contributed by atoms with van der Waals surface area (Å²) in [6, 6.07) is 19.8. The quantitative estimate of drug-likeness (QED) is 0.258. The van der Waals surface area contributed by atoms with Crippen LogP contribution in [0.15, 0.2) is 110 Å². The van der Waals surface area contributed by atoms with Gasteiger partial charge in [-0.2, -0.15) is 15.0 Å². The minimum atomic E-state index is 0.410. The summed E-state index contributed by atoms with van der Waals surface area (Å²) in [5.74, 6) is 1.33. The Balaban J connectivity index is 1.38. The smallest absolute Gasteiger partial charge is 0.241 e. The van der Waals surface area contributed by atoms with E-state index in [2.05, 4.69) is 21.0 Å². The molecule has 8 aromatic rings. The minimum Gasteiger partial charge on any atom is -0.361 e. The number of aromatic amines is 1. The van der Waals surface area contributed by atoms with Crippen molar-refractivity contribution in [3.8, 4) is 34.5 Å². The van der Waals surface area contributed by atoms with E-state index in [1.165, 1.54) is 0 Å². The molecule has 0 amide bonds. The zero-order valence-corrected chi connectivity index (χ0v) is 23.4. The van der Waals surface area contributed by atoms with Gasteiger partial charge in [0.15, 0.2) is 5.82 Å². The lowest BCUT2D eigenvalue weighted by atomic mass is 10.1. The summed E-state index contributed by atoms with van der Waals surface area (Å²) in [6.07, 6.45) is 14.5. The Morgan fingerprint density at radius 1 is 0.533 bits per heavy atom. The van der Waals surface area contributed by atoms with Gasteiger partial charge in [-0.25, -0.2) is 9.97 Å². The predicted molar refractivity (Wildman–Crippen MR) is 171 cm³/mol. The lowest BCUT2D eigenvalue weighted by Gasteiger charge is -2.12. The number of hydrogen-bond acceptors (Lipinski definition) is 8. The van der Waals surface area contributed by atoms with Crippen LogP contribution in [0.3, 0.4) is 0 Å². The van der Waals surface area contributed by atoms with Crippen LogP contribution in [0.5, 0.6) is 0 Å². The highest BCUT2D eigenvalue weighted by atomic mass is 15.3. The number of nitrogens with zero attached hydrogens (tertiary/aromatic N) is 10.